The fourth-order valence-corrected chi connectivity index (χ4v) is 4.35. The number of benzene rings is 2. The van der Waals surface area contributed by atoms with E-state index in [-0.39, 0.29) is 24.1 Å². The molecule has 9 heteroatoms. The molecule has 0 spiro atoms. The molecular formula is C24H21N3O6. The van der Waals surface area contributed by atoms with Crippen LogP contribution in [0.4, 0.5) is 10.7 Å². The van der Waals surface area contributed by atoms with E-state index in [2.05, 4.69) is 22.6 Å². The minimum atomic E-state index is -1.20. The molecule has 0 radical (unpaired) electrons. The van der Waals surface area contributed by atoms with Crippen molar-refractivity contribution in [1.29, 1.82) is 0 Å². The molecule has 2 aliphatic carbocycles. The summed E-state index contributed by atoms with van der Waals surface area (Å²) in [5, 5.41) is 15.4. The first-order valence-electron chi connectivity index (χ1n) is 10.5. The average molecular weight is 447 g/mol. The van der Waals surface area contributed by atoms with Gasteiger partial charge in [0.05, 0.1) is 0 Å². The van der Waals surface area contributed by atoms with E-state index in [9.17, 15) is 19.5 Å². The third-order valence-corrected chi connectivity index (χ3v) is 6.37. The molecule has 0 atom stereocenters. The quantitative estimate of drug-likeness (QED) is 0.590. The summed E-state index contributed by atoms with van der Waals surface area (Å²) in [5.74, 6) is -1.81. The Labute approximate surface area is 188 Å². The molecule has 1 saturated carbocycles. The number of aliphatic carboxylic acids is 1. The first-order chi connectivity index (χ1) is 15.9. The van der Waals surface area contributed by atoms with Gasteiger partial charge in [0.1, 0.15) is 12.1 Å². The molecule has 0 saturated heterocycles. The van der Waals surface area contributed by atoms with Gasteiger partial charge in [-0.2, -0.15) is 0 Å². The van der Waals surface area contributed by atoms with E-state index in [1.165, 1.54) is 13.1 Å². The zero-order valence-electron chi connectivity index (χ0n) is 17.8. The van der Waals surface area contributed by atoms with Crippen molar-refractivity contribution in [3.05, 3.63) is 71.4 Å². The maximum Gasteiger partial charge on any atom is 0.414 e. The molecular weight excluding hydrogens is 426 g/mol. The zero-order chi connectivity index (χ0) is 23.2. The van der Waals surface area contributed by atoms with Gasteiger partial charge >= 0.3 is 12.1 Å². The third kappa shape index (κ3) is 3.51. The highest BCUT2D eigenvalue weighted by Gasteiger charge is 2.56. The van der Waals surface area contributed by atoms with Gasteiger partial charge in [-0.3, -0.25) is 10.1 Å². The second-order valence-electron chi connectivity index (χ2n) is 8.23. The molecule has 2 aliphatic rings. The number of anilines is 1. The number of carbonyl (C=O) groups is 3. The van der Waals surface area contributed by atoms with E-state index in [0.717, 1.165) is 27.2 Å². The van der Waals surface area contributed by atoms with Crippen molar-refractivity contribution in [2.45, 2.75) is 24.3 Å². The first-order valence-corrected chi connectivity index (χ1v) is 10.5. The molecule has 1 fully saturated rings. The fourth-order valence-electron chi connectivity index (χ4n) is 4.35. The topological polar surface area (TPSA) is 122 Å². The molecule has 168 valence electrons. The van der Waals surface area contributed by atoms with Gasteiger partial charge in [-0.1, -0.05) is 53.7 Å². The van der Waals surface area contributed by atoms with Crippen LogP contribution in [0, 0.1) is 0 Å². The van der Waals surface area contributed by atoms with Crippen LogP contribution in [0.25, 0.3) is 11.1 Å². The zero-order valence-corrected chi connectivity index (χ0v) is 17.8. The Balaban J connectivity index is 1.23. The molecule has 1 aromatic heterocycles. The van der Waals surface area contributed by atoms with Crippen LogP contribution in [-0.2, 0) is 9.53 Å². The van der Waals surface area contributed by atoms with E-state index in [0.29, 0.717) is 12.8 Å². The van der Waals surface area contributed by atoms with Gasteiger partial charge in [0.2, 0.25) is 5.88 Å². The van der Waals surface area contributed by atoms with Crippen molar-refractivity contribution in [2.24, 2.45) is 0 Å². The van der Waals surface area contributed by atoms with Gasteiger partial charge < -0.3 is 19.3 Å². The van der Waals surface area contributed by atoms with Crippen LogP contribution in [0.1, 0.15) is 40.4 Å². The molecule has 33 heavy (non-hydrogen) atoms. The largest absolute Gasteiger partial charge is 0.479 e. The van der Waals surface area contributed by atoms with Gasteiger partial charge in [0.25, 0.3) is 5.91 Å². The summed E-state index contributed by atoms with van der Waals surface area (Å²) in [6, 6.07) is 17.3. The number of hydrogen-bond donors (Lipinski definition) is 2. The van der Waals surface area contributed by atoms with E-state index in [4.69, 9.17) is 9.26 Å². The number of aromatic nitrogens is 1. The van der Waals surface area contributed by atoms with Gasteiger partial charge in [0.15, 0.2) is 5.69 Å². The van der Waals surface area contributed by atoms with Gasteiger partial charge in [-0.15, -0.1) is 0 Å². The summed E-state index contributed by atoms with van der Waals surface area (Å²) >= 11 is 0. The van der Waals surface area contributed by atoms with Crippen LogP contribution in [0.3, 0.4) is 0 Å². The molecule has 0 bridgehead atoms. The average Bonchev–Trinajstić information content (AvgIpc) is 3.41. The number of carbonyl (C=O) groups excluding carboxylic acids is 2. The van der Waals surface area contributed by atoms with Crippen LogP contribution < -0.4 is 5.32 Å². The van der Waals surface area contributed by atoms with Crippen molar-refractivity contribution >= 4 is 23.9 Å². The summed E-state index contributed by atoms with van der Waals surface area (Å²) in [6.45, 7) is 0.129. The number of carboxylic acid groups (broad SMARTS) is 1. The molecule has 0 aliphatic heterocycles. The molecule has 5 rings (SSSR count). The third-order valence-electron chi connectivity index (χ3n) is 6.37. The highest BCUT2D eigenvalue weighted by Crippen LogP contribution is 2.44. The number of likely N-dealkylation sites (N-methyl/N-ethyl adjacent to an activating group) is 1. The minimum absolute atomic E-state index is 0.0656. The van der Waals surface area contributed by atoms with Crippen LogP contribution in [0.2, 0.25) is 0 Å². The van der Waals surface area contributed by atoms with E-state index in [1.807, 2.05) is 36.4 Å². The Morgan fingerprint density at radius 3 is 2.30 bits per heavy atom. The number of rotatable bonds is 6. The summed E-state index contributed by atoms with van der Waals surface area (Å²) in [6.07, 6.45) is 0.0187. The normalized spacial score (nSPS) is 15.3. The van der Waals surface area contributed by atoms with E-state index in [1.54, 1.807) is 0 Å². The smallest absolute Gasteiger partial charge is 0.414 e. The standard InChI is InChI=1S/C24H21N3O6/c1-27(24(10-11-24)22(29)30)21(28)19-12-20(33-26-19)25-23(31)32-13-18-16-8-4-2-6-14(16)15-7-3-5-9-17(15)18/h2-9,12,18H,10-11,13H2,1H3,(H,25,31)(H,29,30). The second-order valence-corrected chi connectivity index (χ2v) is 8.23. The lowest BCUT2D eigenvalue weighted by molar-refractivity contribution is -0.143. The van der Waals surface area contributed by atoms with Crippen molar-refractivity contribution in [1.82, 2.24) is 10.1 Å². The number of fused-ring (bicyclic) bond motifs is 3. The number of nitrogens with zero attached hydrogens (tertiary/aromatic N) is 2. The lowest BCUT2D eigenvalue weighted by Gasteiger charge is -2.23. The summed E-state index contributed by atoms with van der Waals surface area (Å²) in [7, 11) is 1.41. The lowest BCUT2D eigenvalue weighted by Crippen LogP contribution is -2.44. The van der Waals surface area contributed by atoms with E-state index < -0.39 is 23.5 Å². The molecule has 0 unspecified atom stereocenters. The first kappa shape index (κ1) is 20.7. The number of amides is 2. The van der Waals surface area contributed by atoms with Gasteiger partial charge in [-0.25, -0.2) is 9.59 Å². The van der Waals surface area contributed by atoms with Crippen molar-refractivity contribution in [3.63, 3.8) is 0 Å². The molecule has 9 nitrogen and oxygen atoms in total. The van der Waals surface area contributed by atoms with Crippen LogP contribution >= 0.6 is 0 Å². The van der Waals surface area contributed by atoms with Crippen LogP contribution in [0.15, 0.2) is 59.1 Å². The molecule has 2 N–H and O–H groups in total. The number of hydrogen-bond acceptors (Lipinski definition) is 6. The highest BCUT2D eigenvalue weighted by molar-refractivity contribution is 5.98. The Morgan fingerprint density at radius 1 is 1.12 bits per heavy atom. The lowest BCUT2D eigenvalue weighted by atomic mass is 9.98. The second kappa shape index (κ2) is 7.77. The molecule has 2 amide bonds. The van der Waals surface area contributed by atoms with Gasteiger partial charge in [0, 0.05) is 19.0 Å². The van der Waals surface area contributed by atoms with Crippen LogP contribution in [-0.4, -0.2) is 52.3 Å². The maximum absolute atomic E-state index is 12.6. The molecule has 1 heterocycles. The Bertz CT molecular complexity index is 1220. The summed E-state index contributed by atoms with van der Waals surface area (Å²) in [5.41, 5.74) is 3.14. The summed E-state index contributed by atoms with van der Waals surface area (Å²) in [4.78, 5) is 37.5. The number of nitrogens with one attached hydrogen (secondary N) is 1. The van der Waals surface area contributed by atoms with Crippen molar-refractivity contribution in [3.8, 4) is 11.1 Å². The van der Waals surface area contributed by atoms with Crippen molar-refractivity contribution in [2.75, 3.05) is 19.0 Å². The number of ether oxygens (including phenoxy) is 1. The minimum Gasteiger partial charge on any atom is -0.479 e. The SMILES string of the molecule is CN(C(=O)c1cc(NC(=O)OCC2c3ccccc3-c3ccccc32)on1)C1(C(=O)O)CC1. The Morgan fingerprint density at radius 2 is 1.73 bits per heavy atom. The Kier molecular flexibility index (Phi) is 4.88. The number of carboxylic acids is 1. The Hall–Kier alpha value is -4.14. The predicted octanol–water partition coefficient (Wildman–Crippen LogP) is 3.72. The predicted molar refractivity (Wildman–Crippen MR) is 117 cm³/mol. The van der Waals surface area contributed by atoms with Gasteiger partial charge in [-0.05, 0) is 35.1 Å². The molecule has 2 aromatic carbocycles. The molecule has 3 aromatic rings. The van der Waals surface area contributed by atoms with Crippen LogP contribution in [0.5, 0.6) is 0 Å². The summed E-state index contributed by atoms with van der Waals surface area (Å²) < 4.78 is 10.5. The highest BCUT2D eigenvalue weighted by atomic mass is 16.6. The maximum atomic E-state index is 12.6. The van der Waals surface area contributed by atoms with Crippen molar-refractivity contribution < 1.29 is 28.8 Å². The monoisotopic (exact) mass is 447 g/mol. The fraction of sp³-hybridized carbons (Fsp3) is 0.250. The van der Waals surface area contributed by atoms with E-state index >= 15 is 0 Å².